The summed E-state index contributed by atoms with van der Waals surface area (Å²) >= 11 is 0. The fraction of sp³-hybridized carbons (Fsp3) is 0.333. The molecule has 8 nitrogen and oxygen atoms in total. The van der Waals surface area contributed by atoms with Crippen molar-refractivity contribution in [2.75, 3.05) is 6.54 Å². The summed E-state index contributed by atoms with van der Waals surface area (Å²) in [5.74, 6) is -1.10. The molecule has 0 fully saturated rings. The highest BCUT2D eigenvalue weighted by Crippen LogP contribution is 2.13. The molecule has 0 amide bonds. The molecule has 24 heavy (non-hydrogen) atoms. The van der Waals surface area contributed by atoms with Crippen LogP contribution >= 0.6 is 0 Å². The summed E-state index contributed by atoms with van der Waals surface area (Å²) in [6.45, 7) is 2.56. The van der Waals surface area contributed by atoms with Crippen molar-refractivity contribution in [1.29, 1.82) is 0 Å². The average Bonchev–Trinajstić information content (AvgIpc) is 2.83. The number of carboxylic acid groups (broad SMARTS) is 1. The molecule has 0 aliphatic carbocycles. The first-order valence-corrected chi connectivity index (χ1v) is 9.03. The van der Waals surface area contributed by atoms with Crippen LogP contribution in [0.5, 0.6) is 0 Å². The van der Waals surface area contributed by atoms with Gasteiger partial charge in [0.1, 0.15) is 0 Å². The summed E-state index contributed by atoms with van der Waals surface area (Å²) in [6, 6.07) is 6.97. The maximum absolute atomic E-state index is 12.3. The van der Waals surface area contributed by atoms with E-state index in [2.05, 4.69) is 15.1 Å². The lowest BCUT2D eigenvalue weighted by atomic mass is 10.2. The van der Waals surface area contributed by atoms with Crippen LogP contribution in [0.4, 0.5) is 0 Å². The van der Waals surface area contributed by atoms with Crippen LogP contribution in [0, 0.1) is 0 Å². The van der Waals surface area contributed by atoms with E-state index >= 15 is 0 Å². The molecule has 0 saturated heterocycles. The standard InChI is InChI=1S/C15H18N4O4S/c20-15(21)11-2-4-14(5-3-11)24(22,23)17-9-12-8-13-10-16-6-1-7-19(13)18-12/h2-5,8,16-17H,1,6-7,9-10H2,(H,20,21). The Morgan fingerprint density at radius 3 is 2.79 bits per heavy atom. The first-order chi connectivity index (χ1) is 11.5. The van der Waals surface area contributed by atoms with Crippen molar-refractivity contribution in [1.82, 2.24) is 19.8 Å². The van der Waals surface area contributed by atoms with E-state index in [1.807, 2.05) is 10.7 Å². The number of hydrogen-bond acceptors (Lipinski definition) is 5. The highest BCUT2D eigenvalue weighted by molar-refractivity contribution is 7.89. The first-order valence-electron chi connectivity index (χ1n) is 7.55. The third-order valence-electron chi connectivity index (χ3n) is 3.80. The maximum Gasteiger partial charge on any atom is 0.335 e. The van der Waals surface area contributed by atoms with E-state index in [0.29, 0.717) is 5.69 Å². The van der Waals surface area contributed by atoms with E-state index in [4.69, 9.17) is 5.11 Å². The van der Waals surface area contributed by atoms with Gasteiger partial charge in [-0.05, 0) is 43.3 Å². The molecule has 1 aromatic heterocycles. The number of benzene rings is 1. The number of aromatic nitrogens is 2. The minimum absolute atomic E-state index is 0.0231. The van der Waals surface area contributed by atoms with Gasteiger partial charge in [0.2, 0.25) is 10.0 Å². The van der Waals surface area contributed by atoms with Crippen molar-refractivity contribution >= 4 is 16.0 Å². The quantitative estimate of drug-likeness (QED) is 0.726. The van der Waals surface area contributed by atoms with Crippen LogP contribution in [0.25, 0.3) is 0 Å². The smallest absolute Gasteiger partial charge is 0.335 e. The maximum atomic E-state index is 12.3. The summed E-state index contributed by atoms with van der Waals surface area (Å²) in [5, 5.41) is 16.5. The molecular weight excluding hydrogens is 332 g/mol. The van der Waals surface area contributed by atoms with Gasteiger partial charge in [0.25, 0.3) is 0 Å². The number of nitrogens with one attached hydrogen (secondary N) is 2. The number of sulfonamides is 1. The van der Waals surface area contributed by atoms with Crippen LogP contribution in [0.1, 0.15) is 28.2 Å². The number of carboxylic acids is 1. The molecule has 1 aliphatic heterocycles. The van der Waals surface area contributed by atoms with Crippen LogP contribution < -0.4 is 10.0 Å². The Morgan fingerprint density at radius 1 is 1.33 bits per heavy atom. The zero-order valence-electron chi connectivity index (χ0n) is 12.9. The number of rotatable bonds is 5. The SMILES string of the molecule is O=C(O)c1ccc(S(=O)(=O)NCc2cc3n(n2)CCCNC3)cc1. The Bertz CT molecular complexity index is 819. The molecule has 9 heteroatoms. The summed E-state index contributed by atoms with van der Waals surface area (Å²) in [6.07, 6.45) is 0.982. The van der Waals surface area contributed by atoms with Gasteiger partial charge in [-0.1, -0.05) is 0 Å². The summed E-state index contributed by atoms with van der Waals surface area (Å²) < 4.78 is 28.9. The molecule has 3 N–H and O–H groups in total. The Labute approximate surface area is 139 Å². The monoisotopic (exact) mass is 350 g/mol. The number of hydrogen-bond donors (Lipinski definition) is 3. The Balaban J connectivity index is 1.70. The van der Waals surface area contributed by atoms with Gasteiger partial charge >= 0.3 is 5.97 Å². The van der Waals surface area contributed by atoms with Gasteiger partial charge in [-0.2, -0.15) is 5.10 Å². The predicted molar refractivity (Wildman–Crippen MR) is 86.0 cm³/mol. The highest BCUT2D eigenvalue weighted by atomic mass is 32.2. The van der Waals surface area contributed by atoms with E-state index in [9.17, 15) is 13.2 Å². The summed E-state index contributed by atoms with van der Waals surface area (Å²) in [5.41, 5.74) is 1.73. The largest absolute Gasteiger partial charge is 0.478 e. The predicted octanol–water partition coefficient (Wildman–Crippen LogP) is 0.553. The third-order valence-corrected chi connectivity index (χ3v) is 5.22. The van der Waals surface area contributed by atoms with Crippen LogP contribution in [0.3, 0.4) is 0 Å². The third kappa shape index (κ3) is 3.64. The van der Waals surface area contributed by atoms with Gasteiger partial charge < -0.3 is 10.4 Å². The molecule has 1 aromatic carbocycles. The number of aromatic carboxylic acids is 1. The fourth-order valence-electron chi connectivity index (χ4n) is 2.54. The van der Waals surface area contributed by atoms with E-state index in [0.717, 1.165) is 31.7 Å². The normalized spacial score (nSPS) is 14.8. The van der Waals surface area contributed by atoms with Crippen LogP contribution in [0.15, 0.2) is 35.2 Å². The number of carbonyl (C=O) groups is 1. The van der Waals surface area contributed by atoms with Gasteiger partial charge in [0.15, 0.2) is 0 Å². The number of fused-ring (bicyclic) bond motifs is 1. The molecule has 128 valence electrons. The minimum atomic E-state index is -3.72. The highest BCUT2D eigenvalue weighted by Gasteiger charge is 2.17. The van der Waals surface area contributed by atoms with E-state index < -0.39 is 16.0 Å². The molecule has 0 spiro atoms. The molecule has 3 rings (SSSR count). The summed E-state index contributed by atoms with van der Waals surface area (Å²) in [7, 11) is -3.72. The van der Waals surface area contributed by atoms with Gasteiger partial charge in [-0.3, -0.25) is 4.68 Å². The lowest BCUT2D eigenvalue weighted by Crippen LogP contribution is -2.23. The van der Waals surface area contributed by atoms with Crippen LogP contribution in [0.2, 0.25) is 0 Å². The molecule has 0 bridgehead atoms. The molecule has 0 radical (unpaired) electrons. The van der Waals surface area contributed by atoms with Crippen LogP contribution in [-0.2, 0) is 29.7 Å². The van der Waals surface area contributed by atoms with Gasteiger partial charge in [-0.25, -0.2) is 17.9 Å². The second-order valence-electron chi connectivity index (χ2n) is 5.53. The second-order valence-corrected chi connectivity index (χ2v) is 7.30. The van der Waals surface area contributed by atoms with E-state index in [1.165, 1.54) is 24.3 Å². The molecule has 0 saturated carbocycles. The molecule has 1 aliphatic rings. The lowest BCUT2D eigenvalue weighted by molar-refractivity contribution is 0.0696. The molecule has 2 heterocycles. The molecule has 0 unspecified atom stereocenters. The van der Waals surface area contributed by atoms with Gasteiger partial charge in [-0.15, -0.1) is 0 Å². The van der Waals surface area contributed by atoms with Crippen LogP contribution in [-0.4, -0.2) is 35.8 Å². The zero-order chi connectivity index (χ0) is 17.2. The molecule has 2 aromatic rings. The van der Waals surface area contributed by atoms with Crippen molar-refractivity contribution in [3.05, 3.63) is 47.3 Å². The average molecular weight is 350 g/mol. The first kappa shape index (κ1) is 16.6. The molecular formula is C15H18N4O4S. The number of nitrogens with zero attached hydrogens (tertiary/aromatic N) is 2. The fourth-order valence-corrected chi connectivity index (χ4v) is 3.54. The van der Waals surface area contributed by atoms with Gasteiger partial charge in [0, 0.05) is 13.1 Å². The van der Waals surface area contributed by atoms with E-state index in [-0.39, 0.29) is 17.0 Å². The van der Waals surface area contributed by atoms with Crippen molar-refractivity contribution in [3.63, 3.8) is 0 Å². The lowest BCUT2D eigenvalue weighted by Gasteiger charge is -2.06. The number of aryl methyl sites for hydroxylation is 1. The van der Waals surface area contributed by atoms with Crippen molar-refractivity contribution < 1.29 is 18.3 Å². The van der Waals surface area contributed by atoms with Gasteiger partial charge in [0.05, 0.1) is 28.4 Å². The zero-order valence-corrected chi connectivity index (χ0v) is 13.7. The Morgan fingerprint density at radius 2 is 2.08 bits per heavy atom. The summed E-state index contributed by atoms with van der Waals surface area (Å²) in [4.78, 5) is 10.8. The Hall–Kier alpha value is -2.23. The van der Waals surface area contributed by atoms with Crippen molar-refractivity contribution in [2.45, 2.75) is 31.0 Å². The minimum Gasteiger partial charge on any atom is -0.478 e. The molecule has 0 atom stereocenters. The Kier molecular flexibility index (Phi) is 4.65. The van der Waals surface area contributed by atoms with E-state index in [1.54, 1.807) is 0 Å². The van der Waals surface area contributed by atoms with Crippen molar-refractivity contribution in [3.8, 4) is 0 Å². The second kappa shape index (κ2) is 6.71. The topological polar surface area (TPSA) is 113 Å². The van der Waals surface area contributed by atoms with Crippen molar-refractivity contribution in [2.24, 2.45) is 0 Å².